The van der Waals surface area contributed by atoms with Crippen LogP contribution in [0.25, 0.3) is 0 Å². The second-order valence-electron chi connectivity index (χ2n) is 5.57. The first-order valence-electron chi connectivity index (χ1n) is 7.94. The van der Waals surface area contributed by atoms with Gasteiger partial charge in [0, 0.05) is 19.0 Å². The zero-order valence-electron chi connectivity index (χ0n) is 13.7. The molecule has 0 aromatic heterocycles. The molecule has 122 valence electrons. The summed E-state index contributed by atoms with van der Waals surface area (Å²) < 4.78 is 10.7. The molecule has 1 aromatic carbocycles. The summed E-state index contributed by atoms with van der Waals surface area (Å²) in [7, 11) is 3.27. The highest BCUT2D eigenvalue weighted by molar-refractivity contribution is 5.77. The van der Waals surface area contributed by atoms with Crippen molar-refractivity contribution in [1.82, 2.24) is 10.6 Å². The van der Waals surface area contributed by atoms with Crippen LogP contribution >= 0.6 is 0 Å². The molecule has 0 aliphatic carbocycles. The summed E-state index contributed by atoms with van der Waals surface area (Å²) in [4.78, 5) is 12.1. The first-order chi connectivity index (χ1) is 10.7. The number of amides is 1. The van der Waals surface area contributed by atoms with Gasteiger partial charge in [-0.05, 0) is 42.6 Å². The zero-order valence-corrected chi connectivity index (χ0v) is 13.7. The van der Waals surface area contributed by atoms with Gasteiger partial charge in [-0.15, -0.1) is 0 Å². The fourth-order valence-electron chi connectivity index (χ4n) is 2.81. The lowest BCUT2D eigenvalue weighted by molar-refractivity contribution is -0.121. The molecular weight excluding hydrogens is 280 g/mol. The van der Waals surface area contributed by atoms with Gasteiger partial charge in [0.2, 0.25) is 5.91 Å². The lowest BCUT2D eigenvalue weighted by Crippen LogP contribution is -2.35. The highest BCUT2D eigenvalue weighted by Gasteiger charge is 2.24. The molecule has 0 radical (unpaired) electrons. The van der Waals surface area contributed by atoms with E-state index >= 15 is 0 Å². The average Bonchev–Trinajstić information content (AvgIpc) is 2.54. The SMILES string of the molecule is CCCCNC(=O)C[C@H]1NCCc2cc(OC)c(OC)cc21. The number of unbranched alkanes of at least 4 members (excludes halogenated alkanes) is 1. The third-order valence-corrected chi connectivity index (χ3v) is 4.05. The monoisotopic (exact) mass is 306 g/mol. The number of benzene rings is 1. The van der Waals surface area contributed by atoms with E-state index in [4.69, 9.17) is 9.47 Å². The molecule has 1 heterocycles. The number of methoxy groups -OCH3 is 2. The van der Waals surface area contributed by atoms with E-state index < -0.39 is 0 Å². The molecule has 5 heteroatoms. The number of hydrogen-bond acceptors (Lipinski definition) is 4. The molecule has 22 heavy (non-hydrogen) atoms. The third-order valence-electron chi connectivity index (χ3n) is 4.05. The van der Waals surface area contributed by atoms with E-state index in [9.17, 15) is 4.79 Å². The van der Waals surface area contributed by atoms with Crippen molar-refractivity contribution in [3.63, 3.8) is 0 Å². The van der Waals surface area contributed by atoms with Crippen molar-refractivity contribution in [3.05, 3.63) is 23.3 Å². The molecule has 5 nitrogen and oxygen atoms in total. The van der Waals surface area contributed by atoms with Crippen LogP contribution in [-0.4, -0.2) is 33.2 Å². The summed E-state index contributed by atoms with van der Waals surface area (Å²) in [6, 6.07) is 4.05. The maximum absolute atomic E-state index is 12.1. The van der Waals surface area contributed by atoms with Gasteiger partial charge in [0.05, 0.1) is 14.2 Å². The molecule has 1 amide bonds. The quantitative estimate of drug-likeness (QED) is 0.758. The van der Waals surface area contributed by atoms with Crippen LogP contribution in [0.2, 0.25) is 0 Å². The molecule has 2 N–H and O–H groups in total. The van der Waals surface area contributed by atoms with Gasteiger partial charge in [0.1, 0.15) is 0 Å². The third kappa shape index (κ3) is 3.91. The smallest absolute Gasteiger partial charge is 0.221 e. The van der Waals surface area contributed by atoms with E-state index in [0.717, 1.165) is 43.7 Å². The van der Waals surface area contributed by atoms with Crippen LogP contribution in [0.3, 0.4) is 0 Å². The Hall–Kier alpha value is -1.75. The standard InChI is InChI=1S/C17H26N2O3/c1-4-5-7-19-17(20)11-14-13-10-16(22-3)15(21-2)9-12(13)6-8-18-14/h9-10,14,18H,4-8,11H2,1-3H3,(H,19,20)/t14-/m1/s1. The van der Waals surface area contributed by atoms with Crippen molar-refractivity contribution >= 4 is 5.91 Å². The first kappa shape index (κ1) is 16.6. The summed E-state index contributed by atoms with van der Waals surface area (Å²) in [5, 5.41) is 6.41. The van der Waals surface area contributed by atoms with Gasteiger partial charge < -0.3 is 20.1 Å². The molecule has 2 rings (SSSR count). The van der Waals surface area contributed by atoms with Gasteiger partial charge in [-0.2, -0.15) is 0 Å². The number of carbonyl (C=O) groups excluding carboxylic acids is 1. The Morgan fingerprint density at radius 1 is 1.32 bits per heavy atom. The maximum Gasteiger partial charge on any atom is 0.221 e. The molecule has 1 aliphatic rings. The van der Waals surface area contributed by atoms with Crippen molar-refractivity contribution in [2.45, 2.75) is 38.6 Å². The highest BCUT2D eigenvalue weighted by atomic mass is 16.5. The molecular formula is C17H26N2O3. The number of carbonyl (C=O) groups is 1. The fourth-order valence-corrected chi connectivity index (χ4v) is 2.81. The van der Waals surface area contributed by atoms with Crippen LogP contribution in [0.1, 0.15) is 43.4 Å². The van der Waals surface area contributed by atoms with Crippen molar-refractivity contribution in [3.8, 4) is 11.5 Å². The van der Waals surface area contributed by atoms with Gasteiger partial charge in [-0.3, -0.25) is 4.79 Å². The molecule has 0 saturated heterocycles. The molecule has 0 saturated carbocycles. The molecule has 0 spiro atoms. The highest BCUT2D eigenvalue weighted by Crippen LogP contribution is 2.36. The Bertz CT molecular complexity index is 517. The number of hydrogen-bond donors (Lipinski definition) is 2. The number of fused-ring (bicyclic) bond motifs is 1. The Labute approximate surface area is 132 Å². The predicted molar refractivity (Wildman–Crippen MR) is 86.5 cm³/mol. The van der Waals surface area contributed by atoms with Crippen molar-refractivity contribution < 1.29 is 14.3 Å². The second-order valence-corrected chi connectivity index (χ2v) is 5.57. The molecule has 1 aromatic rings. The minimum Gasteiger partial charge on any atom is -0.493 e. The summed E-state index contributed by atoms with van der Waals surface area (Å²) in [5.41, 5.74) is 2.36. The van der Waals surface area contributed by atoms with Gasteiger partial charge in [0.25, 0.3) is 0 Å². The predicted octanol–water partition coefficient (Wildman–Crippen LogP) is 2.20. The van der Waals surface area contributed by atoms with Gasteiger partial charge in [-0.25, -0.2) is 0 Å². The van der Waals surface area contributed by atoms with Crippen LogP contribution in [0.15, 0.2) is 12.1 Å². The second kappa shape index (κ2) is 8.03. The van der Waals surface area contributed by atoms with Crippen molar-refractivity contribution in [2.24, 2.45) is 0 Å². The fraction of sp³-hybridized carbons (Fsp3) is 0.588. The first-order valence-corrected chi connectivity index (χ1v) is 7.94. The topological polar surface area (TPSA) is 59.6 Å². The Kier molecular flexibility index (Phi) is 6.07. The van der Waals surface area contributed by atoms with E-state index in [1.165, 1.54) is 5.56 Å². The maximum atomic E-state index is 12.1. The average molecular weight is 306 g/mol. The van der Waals surface area contributed by atoms with Crippen molar-refractivity contribution in [2.75, 3.05) is 27.3 Å². The zero-order chi connectivity index (χ0) is 15.9. The summed E-state index contributed by atoms with van der Waals surface area (Å²) in [6.07, 6.45) is 3.49. The number of nitrogens with one attached hydrogen (secondary N) is 2. The molecule has 1 atom stereocenters. The summed E-state index contributed by atoms with van der Waals surface area (Å²) in [6.45, 7) is 3.74. The van der Waals surface area contributed by atoms with E-state index in [0.29, 0.717) is 12.2 Å². The van der Waals surface area contributed by atoms with Crippen LogP contribution < -0.4 is 20.1 Å². The van der Waals surface area contributed by atoms with Gasteiger partial charge in [0.15, 0.2) is 11.5 Å². The van der Waals surface area contributed by atoms with E-state index in [1.807, 2.05) is 12.1 Å². The number of rotatable bonds is 7. The minimum absolute atomic E-state index is 0.0326. The Morgan fingerprint density at radius 2 is 2.05 bits per heavy atom. The normalized spacial score (nSPS) is 16.8. The molecule has 0 bridgehead atoms. The Morgan fingerprint density at radius 3 is 2.73 bits per heavy atom. The largest absolute Gasteiger partial charge is 0.493 e. The lowest BCUT2D eigenvalue weighted by Gasteiger charge is -2.27. The van der Waals surface area contributed by atoms with Crippen LogP contribution in [0.5, 0.6) is 11.5 Å². The lowest BCUT2D eigenvalue weighted by atomic mass is 9.91. The number of ether oxygens (including phenoxy) is 2. The summed E-state index contributed by atoms with van der Waals surface area (Å²) in [5.74, 6) is 1.55. The minimum atomic E-state index is 0.0326. The Balaban J connectivity index is 2.12. The van der Waals surface area contributed by atoms with E-state index in [2.05, 4.69) is 17.6 Å². The van der Waals surface area contributed by atoms with Crippen LogP contribution in [0.4, 0.5) is 0 Å². The molecule has 0 unspecified atom stereocenters. The van der Waals surface area contributed by atoms with Crippen LogP contribution in [0, 0.1) is 0 Å². The van der Waals surface area contributed by atoms with Crippen molar-refractivity contribution in [1.29, 1.82) is 0 Å². The molecule has 1 aliphatic heterocycles. The summed E-state index contributed by atoms with van der Waals surface area (Å²) >= 11 is 0. The van der Waals surface area contributed by atoms with E-state index in [1.54, 1.807) is 14.2 Å². The van der Waals surface area contributed by atoms with Gasteiger partial charge in [-0.1, -0.05) is 13.3 Å². The molecule has 0 fully saturated rings. The van der Waals surface area contributed by atoms with E-state index in [-0.39, 0.29) is 11.9 Å². The van der Waals surface area contributed by atoms with Gasteiger partial charge >= 0.3 is 0 Å². The van der Waals surface area contributed by atoms with Crippen LogP contribution in [-0.2, 0) is 11.2 Å².